The van der Waals surface area contributed by atoms with Crippen LogP contribution in [0.15, 0.2) is 24.3 Å². The maximum atomic E-state index is 5.76. The summed E-state index contributed by atoms with van der Waals surface area (Å²) in [5.41, 5.74) is 7.19. The van der Waals surface area contributed by atoms with Crippen molar-refractivity contribution in [3.8, 4) is 5.75 Å². The van der Waals surface area contributed by atoms with Crippen molar-refractivity contribution >= 4 is 0 Å². The molecule has 1 aliphatic rings. The molecule has 0 bridgehead atoms. The fraction of sp³-hybridized carbons (Fsp3) is 0.571. The minimum Gasteiger partial charge on any atom is -0.497 e. The van der Waals surface area contributed by atoms with E-state index in [1.807, 2.05) is 12.1 Å². The van der Waals surface area contributed by atoms with Crippen LogP contribution >= 0.6 is 0 Å². The fourth-order valence-corrected chi connectivity index (χ4v) is 2.64. The molecule has 1 aliphatic heterocycles. The third-order valence-electron chi connectivity index (χ3n) is 3.65. The van der Waals surface area contributed by atoms with Gasteiger partial charge in [-0.05, 0) is 43.5 Å². The molecule has 1 atom stereocenters. The van der Waals surface area contributed by atoms with E-state index in [1.165, 1.54) is 5.56 Å². The van der Waals surface area contributed by atoms with E-state index in [4.69, 9.17) is 15.2 Å². The molecule has 1 aromatic rings. The highest BCUT2D eigenvalue weighted by Crippen LogP contribution is 2.36. The van der Waals surface area contributed by atoms with Crippen LogP contribution in [0.2, 0.25) is 0 Å². The largest absolute Gasteiger partial charge is 0.497 e. The smallest absolute Gasteiger partial charge is 0.118 e. The van der Waals surface area contributed by atoms with Crippen LogP contribution in [0, 0.1) is 0 Å². The lowest BCUT2D eigenvalue weighted by atomic mass is 9.73. The highest BCUT2D eigenvalue weighted by molar-refractivity contribution is 5.33. The Morgan fingerprint density at radius 1 is 1.35 bits per heavy atom. The molecule has 94 valence electrons. The average molecular weight is 235 g/mol. The van der Waals surface area contributed by atoms with Gasteiger partial charge in [-0.1, -0.05) is 12.1 Å². The van der Waals surface area contributed by atoms with E-state index in [1.54, 1.807) is 7.11 Å². The Kier molecular flexibility index (Phi) is 4.02. The molecule has 0 amide bonds. The van der Waals surface area contributed by atoms with Gasteiger partial charge < -0.3 is 15.2 Å². The summed E-state index contributed by atoms with van der Waals surface area (Å²) in [4.78, 5) is 0. The lowest BCUT2D eigenvalue weighted by Gasteiger charge is -2.37. The lowest BCUT2D eigenvalue weighted by molar-refractivity contribution is 0.0312. The maximum Gasteiger partial charge on any atom is 0.118 e. The Morgan fingerprint density at radius 2 is 2.12 bits per heavy atom. The van der Waals surface area contributed by atoms with Gasteiger partial charge in [0.25, 0.3) is 0 Å². The maximum absolute atomic E-state index is 5.76. The first-order valence-corrected chi connectivity index (χ1v) is 6.23. The van der Waals surface area contributed by atoms with E-state index >= 15 is 0 Å². The number of hydrogen-bond acceptors (Lipinski definition) is 3. The number of nitrogens with two attached hydrogens (primary N) is 1. The molecule has 0 aliphatic carbocycles. The molecule has 0 saturated carbocycles. The minimum absolute atomic E-state index is 0.110. The van der Waals surface area contributed by atoms with Crippen molar-refractivity contribution < 1.29 is 9.47 Å². The molecule has 17 heavy (non-hydrogen) atoms. The van der Waals surface area contributed by atoms with Crippen molar-refractivity contribution in [2.24, 2.45) is 5.73 Å². The van der Waals surface area contributed by atoms with Gasteiger partial charge in [0.1, 0.15) is 5.75 Å². The van der Waals surface area contributed by atoms with Crippen LogP contribution in [0.1, 0.15) is 24.8 Å². The molecule has 1 unspecified atom stereocenters. The van der Waals surface area contributed by atoms with Gasteiger partial charge in [-0.25, -0.2) is 0 Å². The van der Waals surface area contributed by atoms with Crippen molar-refractivity contribution in [1.82, 2.24) is 0 Å². The molecule has 1 aromatic carbocycles. The van der Waals surface area contributed by atoms with E-state index in [0.717, 1.165) is 38.2 Å². The summed E-state index contributed by atoms with van der Waals surface area (Å²) in [6.07, 6.45) is 3.27. The highest BCUT2D eigenvalue weighted by atomic mass is 16.5. The molecule has 1 fully saturated rings. The number of hydrogen-bond donors (Lipinski definition) is 1. The molecule has 1 heterocycles. The van der Waals surface area contributed by atoms with E-state index in [9.17, 15) is 0 Å². The van der Waals surface area contributed by atoms with Crippen LogP contribution < -0.4 is 10.5 Å². The third kappa shape index (κ3) is 2.61. The Labute approximate surface area is 103 Å². The Morgan fingerprint density at radius 3 is 2.65 bits per heavy atom. The van der Waals surface area contributed by atoms with Gasteiger partial charge in [0.2, 0.25) is 0 Å². The Balaban J connectivity index is 2.24. The number of benzene rings is 1. The van der Waals surface area contributed by atoms with Crippen LogP contribution in [0.3, 0.4) is 0 Å². The summed E-state index contributed by atoms with van der Waals surface area (Å²) < 4.78 is 10.9. The van der Waals surface area contributed by atoms with Gasteiger partial charge in [-0.2, -0.15) is 0 Å². The second-order valence-electron chi connectivity index (χ2n) is 4.70. The minimum atomic E-state index is 0.110. The van der Waals surface area contributed by atoms with Gasteiger partial charge in [0.15, 0.2) is 0 Å². The molecule has 2 rings (SSSR count). The summed E-state index contributed by atoms with van der Waals surface area (Å²) in [7, 11) is 1.69. The molecular weight excluding hydrogens is 214 g/mol. The number of methoxy groups -OCH3 is 1. The zero-order valence-corrected chi connectivity index (χ0v) is 10.4. The van der Waals surface area contributed by atoms with E-state index < -0.39 is 0 Å². The molecule has 0 radical (unpaired) electrons. The normalized spacial score (nSPS) is 24.6. The first-order chi connectivity index (χ1) is 8.30. The molecule has 0 aromatic heterocycles. The van der Waals surface area contributed by atoms with Crippen molar-refractivity contribution in [3.63, 3.8) is 0 Å². The SMILES string of the molecule is COc1ccc(C2(CCN)CCCOC2)cc1. The van der Waals surface area contributed by atoms with Crippen LogP contribution in [0.25, 0.3) is 0 Å². The quantitative estimate of drug-likeness (QED) is 0.869. The van der Waals surface area contributed by atoms with Crippen LogP contribution in [-0.2, 0) is 10.2 Å². The number of ether oxygens (including phenoxy) is 2. The van der Waals surface area contributed by atoms with Gasteiger partial charge in [0, 0.05) is 12.0 Å². The second-order valence-corrected chi connectivity index (χ2v) is 4.70. The zero-order valence-electron chi connectivity index (χ0n) is 10.4. The van der Waals surface area contributed by atoms with Crippen molar-refractivity contribution in [2.75, 3.05) is 26.9 Å². The molecule has 3 heteroatoms. The van der Waals surface area contributed by atoms with Gasteiger partial charge in [-0.15, -0.1) is 0 Å². The van der Waals surface area contributed by atoms with E-state index in [2.05, 4.69) is 12.1 Å². The first-order valence-electron chi connectivity index (χ1n) is 6.23. The Hall–Kier alpha value is -1.06. The summed E-state index contributed by atoms with van der Waals surface area (Å²) in [6, 6.07) is 8.32. The predicted molar refractivity (Wildman–Crippen MR) is 68.4 cm³/mol. The Bertz CT molecular complexity index is 336. The van der Waals surface area contributed by atoms with E-state index in [0.29, 0.717) is 6.54 Å². The van der Waals surface area contributed by atoms with Crippen molar-refractivity contribution in [1.29, 1.82) is 0 Å². The number of rotatable bonds is 4. The third-order valence-corrected chi connectivity index (χ3v) is 3.65. The van der Waals surface area contributed by atoms with Crippen LogP contribution in [0.4, 0.5) is 0 Å². The summed E-state index contributed by atoms with van der Waals surface area (Å²) in [5, 5.41) is 0. The molecular formula is C14H21NO2. The van der Waals surface area contributed by atoms with Crippen molar-refractivity contribution in [3.05, 3.63) is 29.8 Å². The molecule has 0 spiro atoms. The predicted octanol–water partition coefficient (Wildman–Crippen LogP) is 2.09. The summed E-state index contributed by atoms with van der Waals surface area (Å²) in [5.74, 6) is 0.897. The van der Waals surface area contributed by atoms with Gasteiger partial charge >= 0.3 is 0 Å². The van der Waals surface area contributed by atoms with Gasteiger partial charge in [0.05, 0.1) is 13.7 Å². The monoisotopic (exact) mass is 235 g/mol. The fourth-order valence-electron chi connectivity index (χ4n) is 2.64. The van der Waals surface area contributed by atoms with E-state index in [-0.39, 0.29) is 5.41 Å². The van der Waals surface area contributed by atoms with Crippen LogP contribution in [-0.4, -0.2) is 26.9 Å². The highest BCUT2D eigenvalue weighted by Gasteiger charge is 2.33. The summed E-state index contributed by atoms with van der Waals surface area (Å²) in [6.45, 7) is 2.37. The van der Waals surface area contributed by atoms with Crippen molar-refractivity contribution in [2.45, 2.75) is 24.7 Å². The standard InChI is InChI=1S/C14H21NO2/c1-16-13-5-3-12(4-6-13)14(8-9-15)7-2-10-17-11-14/h3-6H,2,7-11,15H2,1H3. The zero-order chi connectivity index (χ0) is 12.1. The van der Waals surface area contributed by atoms with Gasteiger partial charge in [-0.3, -0.25) is 0 Å². The average Bonchev–Trinajstić information content (AvgIpc) is 2.40. The second kappa shape index (κ2) is 5.52. The molecule has 3 nitrogen and oxygen atoms in total. The lowest BCUT2D eigenvalue weighted by Crippen LogP contribution is -2.38. The van der Waals surface area contributed by atoms with Crippen LogP contribution in [0.5, 0.6) is 5.75 Å². The molecule has 2 N–H and O–H groups in total. The summed E-state index contributed by atoms with van der Waals surface area (Å²) >= 11 is 0. The topological polar surface area (TPSA) is 44.5 Å². The first kappa shape index (κ1) is 12.4. The molecule has 1 saturated heterocycles.